The molecule has 182 valence electrons. The van der Waals surface area contributed by atoms with Crippen molar-refractivity contribution in [3.63, 3.8) is 0 Å². The van der Waals surface area contributed by atoms with Crippen molar-refractivity contribution in [3.05, 3.63) is 79.5 Å². The Bertz CT molecular complexity index is 1700. The Balaban J connectivity index is 1.26. The van der Waals surface area contributed by atoms with Crippen molar-refractivity contribution in [2.75, 3.05) is 13.1 Å². The molecular weight excluding hydrogens is 462 g/mol. The molecule has 0 amide bonds. The third-order valence-electron chi connectivity index (χ3n) is 6.97. The fraction of sp³-hybridized carbons (Fsp3) is 0.172. The van der Waals surface area contributed by atoms with Crippen LogP contribution in [0.3, 0.4) is 0 Å². The molecule has 37 heavy (non-hydrogen) atoms. The zero-order chi connectivity index (χ0) is 24.6. The van der Waals surface area contributed by atoms with E-state index in [-0.39, 0.29) is 6.10 Å². The first-order chi connectivity index (χ1) is 18.3. The van der Waals surface area contributed by atoms with Crippen molar-refractivity contribution in [1.82, 2.24) is 35.5 Å². The normalized spacial score (nSPS) is 14.4. The predicted molar refractivity (Wildman–Crippen MR) is 144 cm³/mol. The van der Waals surface area contributed by atoms with E-state index in [1.807, 2.05) is 43.0 Å². The molecule has 1 aliphatic heterocycles. The van der Waals surface area contributed by atoms with Crippen molar-refractivity contribution >= 4 is 21.9 Å². The van der Waals surface area contributed by atoms with Gasteiger partial charge < -0.3 is 15.0 Å². The van der Waals surface area contributed by atoms with Gasteiger partial charge in [-0.15, -0.1) is 0 Å². The highest BCUT2D eigenvalue weighted by atomic mass is 16.5. The number of nitrogens with zero attached hydrogens (tertiary/aromatic N) is 4. The Kier molecular flexibility index (Phi) is 5.36. The Labute approximate surface area is 213 Å². The molecule has 0 radical (unpaired) electrons. The predicted octanol–water partition coefficient (Wildman–Crippen LogP) is 5.36. The Morgan fingerprint density at radius 2 is 1.68 bits per heavy atom. The van der Waals surface area contributed by atoms with Crippen LogP contribution in [0.4, 0.5) is 0 Å². The van der Waals surface area contributed by atoms with Gasteiger partial charge in [-0.2, -0.15) is 5.10 Å². The van der Waals surface area contributed by atoms with Crippen LogP contribution in [0.5, 0.6) is 5.75 Å². The summed E-state index contributed by atoms with van der Waals surface area (Å²) >= 11 is 0. The number of pyridine rings is 3. The van der Waals surface area contributed by atoms with Gasteiger partial charge in [-0.3, -0.25) is 15.1 Å². The fourth-order valence-corrected chi connectivity index (χ4v) is 5.08. The summed E-state index contributed by atoms with van der Waals surface area (Å²) in [6.45, 7) is 1.97. The molecule has 8 nitrogen and oxygen atoms in total. The summed E-state index contributed by atoms with van der Waals surface area (Å²) in [4.78, 5) is 16.8. The van der Waals surface area contributed by atoms with Crippen molar-refractivity contribution in [2.45, 2.75) is 18.9 Å². The SMILES string of the molecule is c1cc(-c2ccncc2)c2cc(-c3[nH]nc4ncc(-c5cncc(OC6CCNCC6)c5)cc34)[nH]c2c1. The van der Waals surface area contributed by atoms with Gasteiger partial charge >= 0.3 is 0 Å². The number of nitrogens with one attached hydrogen (secondary N) is 3. The Hall–Kier alpha value is -4.56. The van der Waals surface area contributed by atoms with E-state index in [2.05, 4.69) is 65.8 Å². The number of aromatic nitrogens is 6. The second kappa shape index (κ2) is 9.15. The van der Waals surface area contributed by atoms with Gasteiger partial charge in [0, 0.05) is 52.2 Å². The largest absolute Gasteiger partial charge is 0.489 e. The second-order valence-corrected chi connectivity index (χ2v) is 9.36. The minimum Gasteiger partial charge on any atom is -0.489 e. The first kappa shape index (κ1) is 21.7. The van der Waals surface area contributed by atoms with Crippen LogP contribution in [0, 0.1) is 0 Å². The van der Waals surface area contributed by atoms with Crippen molar-refractivity contribution < 1.29 is 4.74 Å². The van der Waals surface area contributed by atoms with Crippen LogP contribution in [0.1, 0.15) is 12.8 Å². The zero-order valence-corrected chi connectivity index (χ0v) is 20.1. The maximum atomic E-state index is 6.21. The van der Waals surface area contributed by atoms with Crippen LogP contribution >= 0.6 is 0 Å². The Morgan fingerprint density at radius 1 is 0.811 bits per heavy atom. The lowest BCUT2D eigenvalue weighted by Gasteiger charge is -2.23. The zero-order valence-electron chi connectivity index (χ0n) is 20.1. The highest BCUT2D eigenvalue weighted by molar-refractivity contribution is 6.01. The molecule has 1 aliphatic rings. The second-order valence-electron chi connectivity index (χ2n) is 9.36. The first-order valence-electron chi connectivity index (χ1n) is 12.5. The minimum atomic E-state index is 0.221. The molecule has 7 rings (SSSR count). The van der Waals surface area contributed by atoms with Gasteiger partial charge in [-0.25, -0.2) is 4.98 Å². The van der Waals surface area contributed by atoms with Crippen molar-refractivity contribution in [2.24, 2.45) is 0 Å². The number of hydrogen-bond acceptors (Lipinski definition) is 6. The van der Waals surface area contributed by atoms with Gasteiger partial charge in [0.15, 0.2) is 5.65 Å². The van der Waals surface area contributed by atoms with Gasteiger partial charge in [0.25, 0.3) is 0 Å². The number of hydrogen-bond donors (Lipinski definition) is 3. The maximum absolute atomic E-state index is 6.21. The van der Waals surface area contributed by atoms with E-state index in [9.17, 15) is 0 Å². The van der Waals surface area contributed by atoms with Crippen LogP contribution < -0.4 is 10.1 Å². The van der Waals surface area contributed by atoms with E-state index in [0.29, 0.717) is 5.65 Å². The smallest absolute Gasteiger partial charge is 0.181 e. The molecule has 3 N–H and O–H groups in total. The number of fused-ring (bicyclic) bond motifs is 2. The summed E-state index contributed by atoms with van der Waals surface area (Å²) in [5, 5.41) is 13.1. The van der Waals surface area contributed by atoms with E-state index in [0.717, 1.165) is 81.6 Å². The molecule has 0 atom stereocenters. The van der Waals surface area contributed by atoms with Crippen LogP contribution in [0.2, 0.25) is 0 Å². The number of H-pyrrole nitrogens is 2. The third kappa shape index (κ3) is 4.11. The van der Waals surface area contributed by atoms with E-state index in [1.54, 1.807) is 6.20 Å². The summed E-state index contributed by atoms with van der Waals surface area (Å²) in [5.74, 6) is 0.788. The van der Waals surface area contributed by atoms with Crippen LogP contribution in [0.15, 0.2) is 79.5 Å². The molecule has 0 bridgehead atoms. The average Bonchev–Trinajstić information content (AvgIpc) is 3.58. The molecule has 1 aromatic carbocycles. The minimum absolute atomic E-state index is 0.221. The lowest BCUT2D eigenvalue weighted by atomic mass is 10.0. The maximum Gasteiger partial charge on any atom is 0.181 e. The molecule has 0 unspecified atom stereocenters. The van der Waals surface area contributed by atoms with Gasteiger partial charge in [-0.1, -0.05) is 12.1 Å². The van der Waals surface area contributed by atoms with Crippen LogP contribution in [-0.2, 0) is 0 Å². The molecule has 8 heteroatoms. The van der Waals surface area contributed by atoms with E-state index in [1.165, 1.54) is 0 Å². The van der Waals surface area contributed by atoms with E-state index < -0.39 is 0 Å². The summed E-state index contributed by atoms with van der Waals surface area (Å²) in [7, 11) is 0. The molecule has 6 heterocycles. The lowest BCUT2D eigenvalue weighted by Crippen LogP contribution is -2.34. The van der Waals surface area contributed by atoms with Gasteiger partial charge in [-0.05, 0) is 73.5 Å². The van der Waals surface area contributed by atoms with E-state index in [4.69, 9.17) is 4.74 Å². The lowest BCUT2D eigenvalue weighted by molar-refractivity contribution is 0.162. The molecule has 6 aromatic rings. The molecular formula is C29H25N7O. The summed E-state index contributed by atoms with van der Waals surface area (Å²) in [6, 6.07) is 16.7. The van der Waals surface area contributed by atoms with Crippen LogP contribution in [-0.4, -0.2) is 49.3 Å². The van der Waals surface area contributed by atoms with Gasteiger partial charge in [0.05, 0.1) is 17.6 Å². The number of benzene rings is 1. The quantitative estimate of drug-likeness (QED) is 0.302. The molecule has 5 aromatic heterocycles. The molecule has 1 saturated heterocycles. The number of piperidine rings is 1. The van der Waals surface area contributed by atoms with Gasteiger partial charge in [0.1, 0.15) is 11.9 Å². The highest BCUT2D eigenvalue weighted by Crippen LogP contribution is 2.35. The third-order valence-corrected chi connectivity index (χ3v) is 6.97. The highest BCUT2D eigenvalue weighted by Gasteiger charge is 2.17. The van der Waals surface area contributed by atoms with Crippen LogP contribution in [0.25, 0.3) is 55.6 Å². The standard InChI is InChI=1S/C29H25N7O/c1-2-23(18-4-8-30-9-5-18)24-14-27(34-26(24)3-1)28-25-13-20(16-33-29(25)36-35-28)19-12-22(17-32-15-19)37-21-6-10-31-11-7-21/h1-5,8-9,12-17,21,31,34H,6-7,10-11H2,(H,33,35,36). The summed E-state index contributed by atoms with van der Waals surface area (Å²) in [6.07, 6.45) is 11.3. The molecule has 0 spiro atoms. The van der Waals surface area contributed by atoms with Gasteiger partial charge in [0.2, 0.25) is 0 Å². The summed E-state index contributed by atoms with van der Waals surface area (Å²) < 4.78 is 6.21. The number of rotatable bonds is 5. The topological polar surface area (TPSA) is 104 Å². The summed E-state index contributed by atoms with van der Waals surface area (Å²) in [5.41, 5.74) is 7.79. The number of ether oxygens (including phenoxy) is 1. The average molecular weight is 488 g/mol. The molecule has 0 aliphatic carbocycles. The molecule has 0 saturated carbocycles. The van der Waals surface area contributed by atoms with E-state index >= 15 is 0 Å². The van der Waals surface area contributed by atoms with Crippen molar-refractivity contribution in [1.29, 1.82) is 0 Å². The number of aromatic amines is 2. The first-order valence-corrected chi connectivity index (χ1v) is 12.5. The fourth-order valence-electron chi connectivity index (χ4n) is 5.08. The molecule has 1 fully saturated rings. The Morgan fingerprint density at radius 3 is 2.57 bits per heavy atom. The van der Waals surface area contributed by atoms with Crippen molar-refractivity contribution in [3.8, 4) is 39.4 Å². The monoisotopic (exact) mass is 487 g/mol.